The topological polar surface area (TPSA) is 4.93 Å². The Kier molecular flexibility index (Phi) is 4.39. The number of benzene rings is 4. The first-order valence-corrected chi connectivity index (χ1v) is 13.9. The molecule has 0 amide bonds. The average Bonchev–Trinajstić information content (AvgIpc) is 3.23. The normalized spacial score (nSPS) is 26.8. The van der Waals surface area contributed by atoms with Gasteiger partial charge >= 0.3 is 0 Å². The predicted molar refractivity (Wildman–Crippen MR) is 151 cm³/mol. The number of nitrogens with zero attached hydrogens (tertiary/aromatic N) is 1. The van der Waals surface area contributed by atoms with Gasteiger partial charge in [-0.25, -0.2) is 0 Å². The Morgan fingerprint density at radius 2 is 1.31 bits per heavy atom. The third kappa shape index (κ3) is 3.01. The van der Waals surface area contributed by atoms with Crippen LogP contribution >= 0.6 is 0 Å². The average molecular weight is 468 g/mol. The molecule has 4 aliphatic carbocycles. The van der Waals surface area contributed by atoms with Crippen molar-refractivity contribution in [1.29, 1.82) is 0 Å². The summed E-state index contributed by atoms with van der Waals surface area (Å²) in [5.74, 6) is 2.96. The van der Waals surface area contributed by atoms with E-state index in [1.807, 2.05) is 0 Å². The fourth-order valence-corrected chi connectivity index (χ4v) is 8.76. The lowest BCUT2D eigenvalue weighted by Crippen LogP contribution is -2.48. The molecule has 36 heavy (non-hydrogen) atoms. The van der Waals surface area contributed by atoms with Crippen molar-refractivity contribution in [2.75, 3.05) is 0 Å². The Hall–Kier alpha value is -3.32. The van der Waals surface area contributed by atoms with Gasteiger partial charge in [-0.1, -0.05) is 66.7 Å². The van der Waals surface area contributed by atoms with Gasteiger partial charge in [0.25, 0.3) is 0 Å². The van der Waals surface area contributed by atoms with Gasteiger partial charge in [-0.3, -0.25) is 0 Å². The molecule has 0 N–H and O–H groups in total. The monoisotopic (exact) mass is 467 g/mol. The van der Waals surface area contributed by atoms with Gasteiger partial charge in [0.05, 0.1) is 11.0 Å². The van der Waals surface area contributed by atoms with Gasteiger partial charge in [0.15, 0.2) is 0 Å². The number of rotatable bonds is 3. The molecule has 4 aromatic carbocycles. The molecule has 0 saturated heterocycles. The van der Waals surface area contributed by atoms with Crippen molar-refractivity contribution in [2.45, 2.75) is 50.9 Å². The Morgan fingerprint density at radius 1 is 0.639 bits per heavy atom. The molecular weight excluding hydrogens is 434 g/mol. The summed E-state index contributed by atoms with van der Waals surface area (Å²) >= 11 is 0. The second-order valence-corrected chi connectivity index (χ2v) is 12.1. The number of aryl methyl sites for hydroxylation is 1. The fraction of sp³-hybridized carbons (Fsp3) is 0.314. The first-order chi connectivity index (χ1) is 17.7. The van der Waals surface area contributed by atoms with Crippen LogP contribution in [0.5, 0.6) is 0 Å². The van der Waals surface area contributed by atoms with E-state index >= 15 is 0 Å². The van der Waals surface area contributed by atoms with E-state index in [1.165, 1.54) is 82.7 Å². The molecule has 0 spiro atoms. The second-order valence-electron chi connectivity index (χ2n) is 12.1. The molecular formula is C35H33N. The van der Waals surface area contributed by atoms with Crippen LogP contribution in [0.1, 0.15) is 49.7 Å². The summed E-state index contributed by atoms with van der Waals surface area (Å²) in [5, 5.41) is 2.70. The van der Waals surface area contributed by atoms with Crippen molar-refractivity contribution in [2.24, 2.45) is 17.8 Å². The Bertz CT molecular complexity index is 1570. The molecule has 4 bridgehead atoms. The third-order valence-electron chi connectivity index (χ3n) is 9.88. The van der Waals surface area contributed by atoms with E-state index in [4.69, 9.17) is 0 Å². The van der Waals surface area contributed by atoms with Crippen molar-refractivity contribution in [1.82, 2.24) is 4.57 Å². The van der Waals surface area contributed by atoms with Gasteiger partial charge in [-0.2, -0.15) is 0 Å². The lowest BCUT2D eigenvalue weighted by Gasteiger charge is -2.57. The van der Waals surface area contributed by atoms with Crippen molar-refractivity contribution < 1.29 is 0 Å². The zero-order valence-corrected chi connectivity index (χ0v) is 21.1. The quantitative estimate of drug-likeness (QED) is 0.249. The van der Waals surface area contributed by atoms with Crippen LogP contribution in [-0.2, 0) is 5.41 Å². The molecule has 0 unspecified atom stereocenters. The molecule has 1 aromatic heterocycles. The largest absolute Gasteiger partial charge is 0.309 e. The van der Waals surface area contributed by atoms with Crippen molar-refractivity contribution in [3.8, 4) is 16.8 Å². The van der Waals surface area contributed by atoms with Crippen molar-refractivity contribution >= 4 is 21.8 Å². The molecule has 0 radical (unpaired) electrons. The number of aromatic nitrogens is 1. The van der Waals surface area contributed by atoms with Gasteiger partial charge < -0.3 is 4.57 Å². The van der Waals surface area contributed by atoms with Crippen molar-refractivity contribution in [3.63, 3.8) is 0 Å². The second kappa shape index (κ2) is 7.59. The zero-order chi connectivity index (χ0) is 23.9. The molecule has 4 fully saturated rings. The van der Waals surface area contributed by atoms with E-state index in [9.17, 15) is 0 Å². The standard InChI is InChI=1S/C35H33N/c1-23-6-5-9-32-34(23)31-15-12-28(19-33(31)36(32)30-7-3-2-4-8-30)27-10-13-29(14-11-27)35-20-24-16-25(21-35)18-26(17-24)22-35/h2-15,19,24-26H,16-18,20-22H2,1H3. The fourth-order valence-electron chi connectivity index (χ4n) is 8.76. The molecule has 0 atom stereocenters. The Labute approximate surface area is 213 Å². The van der Waals surface area contributed by atoms with Gasteiger partial charge in [0, 0.05) is 16.5 Å². The van der Waals surface area contributed by atoms with Crippen LogP contribution in [0.3, 0.4) is 0 Å². The summed E-state index contributed by atoms with van der Waals surface area (Å²) < 4.78 is 2.44. The maximum atomic E-state index is 2.48. The first kappa shape index (κ1) is 20.8. The van der Waals surface area contributed by atoms with Crippen LogP contribution in [0.2, 0.25) is 0 Å². The van der Waals surface area contributed by atoms with Gasteiger partial charge in [0.2, 0.25) is 0 Å². The maximum absolute atomic E-state index is 2.48. The summed E-state index contributed by atoms with van der Waals surface area (Å²) in [6.45, 7) is 2.23. The lowest BCUT2D eigenvalue weighted by molar-refractivity contribution is -0.00518. The van der Waals surface area contributed by atoms with Gasteiger partial charge in [0.1, 0.15) is 0 Å². The minimum atomic E-state index is 0.467. The minimum Gasteiger partial charge on any atom is -0.309 e. The van der Waals surface area contributed by atoms with Crippen LogP contribution < -0.4 is 0 Å². The maximum Gasteiger partial charge on any atom is 0.0547 e. The van der Waals surface area contributed by atoms with Crippen LogP contribution in [0.15, 0.2) is 91.0 Å². The van der Waals surface area contributed by atoms with Crippen LogP contribution in [-0.4, -0.2) is 4.57 Å². The molecule has 0 aliphatic heterocycles. The smallest absolute Gasteiger partial charge is 0.0547 e. The first-order valence-electron chi connectivity index (χ1n) is 13.9. The van der Waals surface area contributed by atoms with Gasteiger partial charge in [-0.15, -0.1) is 0 Å². The molecule has 5 aromatic rings. The highest BCUT2D eigenvalue weighted by Gasteiger charge is 2.51. The SMILES string of the molecule is Cc1cccc2c1c1ccc(-c3ccc(C45CC6CC(CC(C6)C4)C5)cc3)cc1n2-c1ccccc1. The summed E-state index contributed by atoms with van der Waals surface area (Å²) in [5.41, 5.74) is 9.83. The lowest BCUT2D eigenvalue weighted by atomic mass is 9.48. The predicted octanol–water partition coefficient (Wildman–Crippen LogP) is 9.23. The number of hydrogen-bond donors (Lipinski definition) is 0. The summed E-state index contributed by atoms with van der Waals surface area (Å²) in [6.07, 6.45) is 8.81. The zero-order valence-electron chi connectivity index (χ0n) is 21.1. The molecule has 1 nitrogen and oxygen atoms in total. The molecule has 178 valence electrons. The van der Waals surface area contributed by atoms with Crippen LogP contribution in [0, 0.1) is 24.7 Å². The molecule has 1 heteroatoms. The van der Waals surface area contributed by atoms with Crippen molar-refractivity contribution in [3.05, 3.63) is 102 Å². The van der Waals surface area contributed by atoms with E-state index in [-0.39, 0.29) is 0 Å². The molecule has 4 saturated carbocycles. The summed E-state index contributed by atoms with van der Waals surface area (Å²) in [7, 11) is 0. The van der Waals surface area contributed by atoms with E-state index in [2.05, 4.69) is 102 Å². The minimum absolute atomic E-state index is 0.467. The summed E-state index contributed by atoms with van der Waals surface area (Å²) in [4.78, 5) is 0. The van der Waals surface area contributed by atoms with E-state index in [1.54, 1.807) is 5.56 Å². The van der Waals surface area contributed by atoms with E-state index in [0.717, 1.165) is 17.8 Å². The summed E-state index contributed by atoms with van der Waals surface area (Å²) in [6, 6.07) is 34.3. The third-order valence-corrected chi connectivity index (χ3v) is 9.88. The Morgan fingerprint density at radius 3 is 2.00 bits per heavy atom. The highest BCUT2D eigenvalue weighted by Crippen LogP contribution is 2.60. The number of fused-ring (bicyclic) bond motifs is 3. The highest BCUT2D eigenvalue weighted by atomic mass is 15.0. The van der Waals surface area contributed by atoms with Crippen LogP contribution in [0.4, 0.5) is 0 Å². The Balaban J connectivity index is 1.24. The number of hydrogen-bond acceptors (Lipinski definition) is 0. The number of para-hydroxylation sites is 1. The van der Waals surface area contributed by atoms with E-state index < -0.39 is 0 Å². The van der Waals surface area contributed by atoms with Crippen LogP contribution in [0.25, 0.3) is 38.6 Å². The highest BCUT2D eigenvalue weighted by molar-refractivity contribution is 6.11. The molecule has 1 heterocycles. The van der Waals surface area contributed by atoms with E-state index in [0.29, 0.717) is 5.41 Å². The molecule has 4 aliphatic rings. The van der Waals surface area contributed by atoms with Gasteiger partial charge in [-0.05, 0) is 115 Å². The molecule has 9 rings (SSSR count).